The molecule has 0 saturated carbocycles. The Labute approximate surface area is 99.6 Å². The Morgan fingerprint density at radius 1 is 1.59 bits per heavy atom. The summed E-state index contributed by atoms with van der Waals surface area (Å²) >= 11 is 0. The molecule has 17 heavy (non-hydrogen) atoms. The van der Waals surface area contributed by atoms with E-state index in [1.807, 2.05) is 0 Å². The van der Waals surface area contributed by atoms with Crippen LogP contribution in [0.4, 0.5) is 5.69 Å². The number of rotatable bonds is 7. The van der Waals surface area contributed by atoms with Crippen molar-refractivity contribution in [2.75, 3.05) is 26.1 Å². The second-order valence-corrected chi connectivity index (χ2v) is 3.40. The lowest BCUT2D eigenvalue weighted by Gasteiger charge is -2.15. The molecular formula is C11H16N2O4. The van der Waals surface area contributed by atoms with Crippen LogP contribution in [-0.4, -0.2) is 42.9 Å². The van der Waals surface area contributed by atoms with Gasteiger partial charge in [0.1, 0.15) is 6.04 Å². The standard InChI is InChI=1S/C11H16N2O4/c1-16-6-4-9(11(14)15)13-8-3-5-12-10(7-8)17-2/h3,5,7,9H,4,6H2,1-2H3,(H,12,13)(H,14,15). The zero-order valence-corrected chi connectivity index (χ0v) is 9.84. The third-order valence-corrected chi connectivity index (χ3v) is 2.19. The Morgan fingerprint density at radius 3 is 2.94 bits per heavy atom. The van der Waals surface area contributed by atoms with Gasteiger partial charge in [0.05, 0.1) is 7.11 Å². The second-order valence-electron chi connectivity index (χ2n) is 3.40. The van der Waals surface area contributed by atoms with E-state index in [4.69, 9.17) is 14.6 Å². The molecule has 0 aromatic carbocycles. The average molecular weight is 240 g/mol. The van der Waals surface area contributed by atoms with E-state index in [1.165, 1.54) is 14.2 Å². The highest BCUT2D eigenvalue weighted by Gasteiger charge is 2.16. The molecule has 1 aromatic rings. The van der Waals surface area contributed by atoms with Gasteiger partial charge in [-0.3, -0.25) is 0 Å². The molecule has 0 spiro atoms. The first kappa shape index (κ1) is 13.2. The second kappa shape index (κ2) is 6.70. The van der Waals surface area contributed by atoms with Crippen molar-refractivity contribution in [3.8, 4) is 5.88 Å². The van der Waals surface area contributed by atoms with E-state index in [2.05, 4.69) is 10.3 Å². The fourth-order valence-corrected chi connectivity index (χ4v) is 1.31. The van der Waals surface area contributed by atoms with Crippen LogP contribution >= 0.6 is 0 Å². The van der Waals surface area contributed by atoms with Crippen LogP contribution in [0.25, 0.3) is 0 Å². The first-order chi connectivity index (χ1) is 8.17. The summed E-state index contributed by atoms with van der Waals surface area (Å²) in [6.45, 7) is 0.381. The van der Waals surface area contributed by atoms with Gasteiger partial charge in [0.25, 0.3) is 0 Å². The predicted octanol–water partition coefficient (Wildman–Crippen LogP) is 0.992. The molecule has 2 N–H and O–H groups in total. The third kappa shape index (κ3) is 4.28. The quantitative estimate of drug-likeness (QED) is 0.739. The molecule has 6 heteroatoms. The fraction of sp³-hybridized carbons (Fsp3) is 0.455. The van der Waals surface area contributed by atoms with Crippen LogP contribution < -0.4 is 10.1 Å². The Balaban J connectivity index is 2.67. The monoisotopic (exact) mass is 240 g/mol. The number of aliphatic carboxylic acids is 1. The molecule has 0 aliphatic carbocycles. The van der Waals surface area contributed by atoms with Crippen LogP contribution in [0.3, 0.4) is 0 Å². The van der Waals surface area contributed by atoms with Crippen LogP contribution in [0.5, 0.6) is 5.88 Å². The normalized spacial score (nSPS) is 11.9. The summed E-state index contributed by atoms with van der Waals surface area (Å²) in [5.41, 5.74) is 0.653. The summed E-state index contributed by atoms with van der Waals surface area (Å²) in [6.07, 6.45) is 1.94. The number of hydrogen-bond donors (Lipinski definition) is 2. The number of aromatic nitrogens is 1. The minimum atomic E-state index is -0.919. The number of nitrogens with zero attached hydrogens (tertiary/aromatic N) is 1. The van der Waals surface area contributed by atoms with E-state index < -0.39 is 12.0 Å². The smallest absolute Gasteiger partial charge is 0.326 e. The van der Waals surface area contributed by atoms with Crippen molar-refractivity contribution in [2.45, 2.75) is 12.5 Å². The Hall–Kier alpha value is -1.82. The number of ether oxygens (including phenoxy) is 2. The summed E-state index contributed by atoms with van der Waals surface area (Å²) in [4.78, 5) is 14.9. The molecule has 1 unspecified atom stereocenters. The van der Waals surface area contributed by atoms with Crippen molar-refractivity contribution in [1.29, 1.82) is 0 Å². The predicted molar refractivity (Wildman–Crippen MR) is 62.3 cm³/mol. The van der Waals surface area contributed by atoms with Crippen molar-refractivity contribution >= 4 is 11.7 Å². The summed E-state index contributed by atoms with van der Waals surface area (Å²) in [5.74, 6) is -0.483. The molecule has 94 valence electrons. The van der Waals surface area contributed by atoms with E-state index in [0.717, 1.165) is 0 Å². The molecule has 0 saturated heterocycles. The van der Waals surface area contributed by atoms with Gasteiger partial charge in [-0.2, -0.15) is 0 Å². The number of anilines is 1. The highest BCUT2D eigenvalue weighted by Crippen LogP contribution is 2.15. The number of carboxylic acid groups (broad SMARTS) is 1. The van der Waals surface area contributed by atoms with Crippen molar-refractivity contribution in [3.63, 3.8) is 0 Å². The molecule has 0 aliphatic heterocycles. The molecule has 1 heterocycles. The summed E-state index contributed by atoms with van der Waals surface area (Å²) < 4.78 is 9.82. The highest BCUT2D eigenvalue weighted by atomic mass is 16.5. The van der Waals surface area contributed by atoms with Gasteiger partial charge < -0.3 is 19.9 Å². The largest absolute Gasteiger partial charge is 0.481 e. The van der Waals surface area contributed by atoms with Gasteiger partial charge >= 0.3 is 5.97 Å². The molecule has 0 bridgehead atoms. The molecule has 1 atom stereocenters. The Morgan fingerprint density at radius 2 is 2.35 bits per heavy atom. The first-order valence-corrected chi connectivity index (χ1v) is 5.15. The summed E-state index contributed by atoms with van der Waals surface area (Å²) in [6, 6.07) is 2.63. The summed E-state index contributed by atoms with van der Waals surface area (Å²) in [5, 5.41) is 11.9. The molecule has 0 aliphatic rings. The van der Waals surface area contributed by atoms with Crippen LogP contribution in [0, 0.1) is 0 Å². The lowest BCUT2D eigenvalue weighted by Crippen LogP contribution is -2.30. The number of carboxylic acids is 1. The van der Waals surface area contributed by atoms with Crippen LogP contribution in [-0.2, 0) is 9.53 Å². The first-order valence-electron chi connectivity index (χ1n) is 5.15. The molecule has 1 aromatic heterocycles. The van der Waals surface area contributed by atoms with Crippen molar-refractivity contribution in [3.05, 3.63) is 18.3 Å². The number of pyridine rings is 1. The van der Waals surface area contributed by atoms with Crippen LogP contribution in [0.2, 0.25) is 0 Å². The molecule has 0 amide bonds. The van der Waals surface area contributed by atoms with Gasteiger partial charge in [-0.25, -0.2) is 9.78 Å². The zero-order chi connectivity index (χ0) is 12.7. The topological polar surface area (TPSA) is 80.7 Å². The average Bonchev–Trinajstić information content (AvgIpc) is 2.34. The molecule has 0 radical (unpaired) electrons. The number of nitrogens with one attached hydrogen (secondary N) is 1. The maximum atomic E-state index is 11.0. The number of methoxy groups -OCH3 is 2. The van der Waals surface area contributed by atoms with Gasteiger partial charge in [-0.05, 0) is 6.07 Å². The van der Waals surface area contributed by atoms with E-state index >= 15 is 0 Å². The van der Waals surface area contributed by atoms with Gasteiger partial charge in [-0.1, -0.05) is 0 Å². The lowest BCUT2D eigenvalue weighted by atomic mass is 10.2. The van der Waals surface area contributed by atoms with E-state index in [1.54, 1.807) is 18.3 Å². The maximum absolute atomic E-state index is 11.0. The van der Waals surface area contributed by atoms with Crippen molar-refractivity contribution < 1.29 is 19.4 Å². The third-order valence-electron chi connectivity index (χ3n) is 2.19. The van der Waals surface area contributed by atoms with Crippen molar-refractivity contribution in [2.24, 2.45) is 0 Å². The van der Waals surface area contributed by atoms with Crippen LogP contribution in [0.15, 0.2) is 18.3 Å². The van der Waals surface area contributed by atoms with E-state index in [9.17, 15) is 4.79 Å². The Kier molecular flexibility index (Phi) is 5.22. The van der Waals surface area contributed by atoms with Crippen LogP contribution in [0.1, 0.15) is 6.42 Å². The summed E-state index contributed by atoms with van der Waals surface area (Å²) in [7, 11) is 3.04. The van der Waals surface area contributed by atoms with Gasteiger partial charge in [0, 0.05) is 38.1 Å². The van der Waals surface area contributed by atoms with E-state index in [0.29, 0.717) is 24.6 Å². The fourth-order valence-electron chi connectivity index (χ4n) is 1.31. The minimum Gasteiger partial charge on any atom is -0.481 e. The molecular weight excluding hydrogens is 224 g/mol. The molecule has 0 fully saturated rings. The minimum absolute atomic E-state index is 0.381. The van der Waals surface area contributed by atoms with Crippen molar-refractivity contribution in [1.82, 2.24) is 4.98 Å². The number of hydrogen-bond acceptors (Lipinski definition) is 5. The maximum Gasteiger partial charge on any atom is 0.326 e. The number of carbonyl (C=O) groups is 1. The molecule has 1 rings (SSSR count). The van der Waals surface area contributed by atoms with Gasteiger partial charge in [-0.15, -0.1) is 0 Å². The zero-order valence-electron chi connectivity index (χ0n) is 9.84. The van der Waals surface area contributed by atoms with E-state index in [-0.39, 0.29) is 0 Å². The molecule has 6 nitrogen and oxygen atoms in total. The van der Waals surface area contributed by atoms with Gasteiger partial charge in [0.15, 0.2) is 0 Å². The van der Waals surface area contributed by atoms with Gasteiger partial charge in [0.2, 0.25) is 5.88 Å². The highest BCUT2D eigenvalue weighted by molar-refractivity contribution is 5.77. The Bertz CT molecular complexity index is 370. The SMILES string of the molecule is COCCC(Nc1ccnc(OC)c1)C(=O)O. The lowest BCUT2D eigenvalue weighted by molar-refractivity contribution is -0.138.